The zero-order valence-electron chi connectivity index (χ0n) is 13.3. The van der Waals surface area contributed by atoms with Crippen LogP contribution in [0.4, 0.5) is 0 Å². The number of carboxylic acids is 1. The van der Waals surface area contributed by atoms with Gasteiger partial charge in [-0.3, -0.25) is 14.5 Å². The van der Waals surface area contributed by atoms with E-state index in [2.05, 4.69) is 0 Å². The SMILES string of the molecule is CCN(CC(=O)O)C1CCN(C(=O)c2cccc(C)c2)CC1. The average molecular weight is 304 g/mol. The minimum absolute atomic E-state index is 0.0726. The summed E-state index contributed by atoms with van der Waals surface area (Å²) < 4.78 is 0. The molecule has 1 aliphatic rings. The van der Waals surface area contributed by atoms with Crippen LogP contribution in [0.5, 0.6) is 0 Å². The minimum Gasteiger partial charge on any atom is -0.480 e. The van der Waals surface area contributed by atoms with Crippen molar-refractivity contribution in [3.05, 3.63) is 35.4 Å². The van der Waals surface area contributed by atoms with Gasteiger partial charge in [0.1, 0.15) is 0 Å². The van der Waals surface area contributed by atoms with Gasteiger partial charge >= 0.3 is 5.97 Å². The van der Waals surface area contributed by atoms with Crippen molar-refractivity contribution in [2.24, 2.45) is 0 Å². The van der Waals surface area contributed by atoms with Crippen LogP contribution in [0.25, 0.3) is 0 Å². The number of carbonyl (C=O) groups excluding carboxylic acids is 1. The van der Waals surface area contributed by atoms with Crippen LogP contribution in [-0.2, 0) is 4.79 Å². The van der Waals surface area contributed by atoms with Crippen LogP contribution in [0.2, 0.25) is 0 Å². The number of likely N-dealkylation sites (N-methyl/N-ethyl adjacent to an activating group) is 1. The number of piperidine rings is 1. The van der Waals surface area contributed by atoms with Crippen LogP contribution in [0.15, 0.2) is 24.3 Å². The van der Waals surface area contributed by atoms with E-state index < -0.39 is 5.97 Å². The number of amides is 1. The molecule has 2 rings (SSSR count). The van der Waals surface area contributed by atoms with Crippen LogP contribution in [0.1, 0.15) is 35.7 Å². The summed E-state index contributed by atoms with van der Waals surface area (Å²) in [5.74, 6) is -0.719. The molecule has 1 aliphatic heterocycles. The number of hydrogen-bond acceptors (Lipinski definition) is 3. The van der Waals surface area contributed by atoms with E-state index in [0.29, 0.717) is 13.1 Å². The van der Waals surface area contributed by atoms with Gasteiger partial charge in [0.2, 0.25) is 0 Å². The molecule has 22 heavy (non-hydrogen) atoms. The molecule has 0 bridgehead atoms. The lowest BCUT2D eigenvalue weighted by atomic mass is 10.0. The quantitative estimate of drug-likeness (QED) is 0.904. The highest BCUT2D eigenvalue weighted by molar-refractivity contribution is 5.94. The lowest BCUT2D eigenvalue weighted by Crippen LogP contribution is -2.48. The van der Waals surface area contributed by atoms with Gasteiger partial charge in [0.25, 0.3) is 5.91 Å². The molecule has 0 aliphatic carbocycles. The standard InChI is InChI=1S/C17H24N2O3/c1-3-18(12-16(20)21)15-7-9-19(10-8-15)17(22)14-6-4-5-13(2)11-14/h4-6,11,15H,3,7-10,12H2,1-2H3,(H,20,21). The zero-order valence-corrected chi connectivity index (χ0v) is 13.3. The number of carbonyl (C=O) groups is 2. The fraction of sp³-hybridized carbons (Fsp3) is 0.529. The summed E-state index contributed by atoms with van der Waals surface area (Å²) in [4.78, 5) is 27.2. The molecule has 5 nitrogen and oxygen atoms in total. The van der Waals surface area contributed by atoms with Crippen molar-refractivity contribution in [2.75, 3.05) is 26.2 Å². The summed E-state index contributed by atoms with van der Waals surface area (Å²) in [6.45, 7) is 6.14. The molecular weight excluding hydrogens is 280 g/mol. The number of nitrogens with zero attached hydrogens (tertiary/aromatic N) is 2. The number of rotatable bonds is 5. The maximum atomic E-state index is 12.5. The first-order valence-electron chi connectivity index (χ1n) is 7.83. The van der Waals surface area contributed by atoms with Crippen molar-refractivity contribution < 1.29 is 14.7 Å². The largest absolute Gasteiger partial charge is 0.480 e. The Bertz CT molecular complexity index is 536. The van der Waals surface area contributed by atoms with Gasteiger partial charge in [-0.25, -0.2) is 0 Å². The molecule has 0 atom stereocenters. The smallest absolute Gasteiger partial charge is 0.317 e. The molecule has 1 aromatic rings. The molecule has 1 heterocycles. The second-order valence-corrected chi connectivity index (χ2v) is 5.85. The van der Waals surface area contributed by atoms with Gasteiger partial charge in [-0.1, -0.05) is 24.6 Å². The normalized spacial score (nSPS) is 16.0. The molecule has 120 valence electrons. The summed E-state index contributed by atoms with van der Waals surface area (Å²) in [6.07, 6.45) is 1.66. The number of aryl methyl sites for hydroxylation is 1. The fourth-order valence-electron chi connectivity index (χ4n) is 3.07. The van der Waals surface area contributed by atoms with Crippen molar-refractivity contribution in [1.82, 2.24) is 9.80 Å². The summed E-state index contributed by atoms with van der Waals surface area (Å²) >= 11 is 0. The lowest BCUT2D eigenvalue weighted by Gasteiger charge is -2.37. The first kappa shape index (κ1) is 16.5. The van der Waals surface area contributed by atoms with Gasteiger partial charge in [-0.2, -0.15) is 0 Å². The van der Waals surface area contributed by atoms with Crippen LogP contribution in [-0.4, -0.2) is 59.0 Å². The predicted molar refractivity (Wildman–Crippen MR) is 85.0 cm³/mol. The minimum atomic E-state index is -0.792. The number of aliphatic carboxylic acids is 1. The van der Waals surface area contributed by atoms with Gasteiger partial charge in [0.15, 0.2) is 0 Å². The van der Waals surface area contributed by atoms with Gasteiger partial charge in [0, 0.05) is 24.7 Å². The Morgan fingerprint density at radius 1 is 1.32 bits per heavy atom. The molecule has 1 saturated heterocycles. The summed E-state index contributed by atoms with van der Waals surface area (Å²) in [6, 6.07) is 7.90. The molecule has 0 aromatic heterocycles. The number of hydrogen-bond donors (Lipinski definition) is 1. The van der Waals surface area contributed by atoms with Crippen LogP contribution in [0.3, 0.4) is 0 Å². The third-order valence-electron chi connectivity index (χ3n) is 4.28. The Labute approximate surface area is 131 Å². The van der Waals surface area contributed by atoms with E-state index in [1.165, 1.54) is 0 Å². The van der Waals surface area contributed by atoms with Crippen LogP contribution < -0.4 is 0 Å². The van der Waals surface area contributed by atoms with E-state index >= 15 is 0 Å². The summed E-state index contributed by atoms with van der Waals surface area (Å²) in [5, 5.41) is 8.95. The first-order valence-corrected chi connectivity index (χ1v) is 7.83. The highest BCUT2D eigenvalue weighted by Gasteiger charge is 2.27. The maximum absolute atomic E-state index is 12.5. The van der Waals surface area contributed by atoms with E-state index in [1.807, 2.05) is 47.9 Å². The van der Waals surface area contributed by atoms with E-state index in [1.54, 1.807) is 0 Å². The molecule has 0 spiro atoms. The number of benzene rings is 1. The average Bonchev–Trinajstić information content (AvgIpc) is 2.52. The van der Waals surface area contributed by atoms with Crippen molar-refractivity contribution in [3.8, 4) is 0 Å². The number of likely N-dealkylation sites (tertiary alicyclic amines) is 1. The van der Waals surface area contributed by atoms with Crippen LogP contribution >= 0.6 is 0 Å². The second kappa shape index (κ2) is 7.40. The molecular formula is C17H24N2O3. The van der Waals surface area contributed by atoms with Crippen molar-refractivity contribution >= 4 is 11.9 Å². The van der Waals surface area contributed by atoms with Crippen molar-refractivity contribution in [1.29, 1.82) is 0 Å². The molecule has 1 amide bonds. The number of carboxylic acid groups (broad SMARTS) is 1. The van der Waals surface area contributed by atoms with E-state index in [0.717, 1.165) is 30.5 Å². The Balaban J connectivity index is 1.94. The van der Waals surface area contributed by atoms with E-state index in [9.17, 15) is 9.59 Å². The monoisotopic (exact) mass is 304 g/mol. The third kappa shape index (κ3) is 4.07. The van der Waals surface area contributed by atoms with Crippen LogP contribution in [0, 0.1) is 6.92 Å². The maximum Gasteiger partial charge on any atom is 0.317 e. The van der Waals surface area contributed by atoms with Gasteiger partial charge < -0.3 is 10.0 Å². The molecule has 0 radical (unpaired) electrons. The Kier molecular flexibility index (Phi) is 5.55. The topological polar surface area (TPSA) is 60.9 Å². The molecule has 1 aromatic carbocycles. The molecule has 1 N–H and O–H groups in total. The molecule has 1 fully saturated rings. The van der Waals surface area contributed by atoms with E-state index in [-0.39, 0.29) is 18.5 Å². The fourth-order valence-corrected chi connectivity index (χ4v) is 3.07. The predicted octanol–water partition coefficient (Wildman–Crippen LogP) is 2.01. The van der Waals surface area contributed by atoms with Gasteiger partial charge in [0.05, 0.1) is 6.54 Å². The Morgan fingerprint density at radius 3 is 2.55 bits per heavy atom. The van der Waals surface area contributed by atoms with Crippen molar-refractivity contribution in [2.45, 2.75) is 32.7 Å². The Morgan fingerprint density at radius 2 is 2.00 bits per heavy atom. The molecule has 0 unspecified atom stereocenters. The van der Waals surface area contributed by atoms with Gasteiger partial charge in [-0.15, -0.1) is 0 Å². The second-order valence-electron chi connectivity index (χ2n) is 5.85. The Hall–Kier alpha value is -1.88. The highest BCUT2D eigenvalue weighted by Crippen LogP contribution is 2.18. The first-order chi connectivity index (χ1) is 10.5. The summed E-state index contributed by atoms with van der Waals surface area (Å²) in [5.41, 5.74) is 1.82. The highest BCUT2D eigenvalue weighted by atomic mass is 16.4. The lowest BCUT2D eigenvalue weighted by molar-refractivity contribution is -0.139. The van der Waals surface area contributed by atoms with Crippen molar-refractivity contribution in [3.63, 3.8) is 0 Å². The van der Waals surface area contributed by atoms with E-state index in [4.69, 9.17) is 5.11 Å². The zero-order chi connectivity index (χ0) is 16.1. The molecule has 5 heteroatoms. The van der Waals surface area contributed by atoms with Gasteiger partial charge in [-0.05, 0) is 38.4 Å². The third-order valence-corrected chi connectivity index (χ3v) is 4.28. The molecule has 0 saturated carbocycles. The summed E-state index contributed by atoms with van der Waals surface area (Å²) in [7, 11) is 0.